The third-order valence-corrected chi connectivity index (χ3v) is 5.53. The third kappa shape index (κ3) is 4.67. The number of hydrogen-bond acceptors (Lipinski definition) is 3. The number of nitrogens with one attached hydrogen (secondary N) is 3. The number of aromatic nitrogens is 1. The van der Waals surface area contributed by atoms with Gasteiger partial charge in [-0.2, -0.15) is 0 Å². The Bertz CT molecular complexity index is 1180. The molecule has 0 aliphatic heterocycles. The van der Waals surface area contributed by atoms with E-state index in [9.17, 15) is 9.59 Å². The summed E-state index contributed by atoms with van der Waals surface area (Å²) in [4.78, 5) is 29.5. The van der Waals surface area contributed by atoms with E-state index in [2.05, 4.69) is 21.7 Å². The molecule has 0 saturated carbocycles. The van der Waals surface area contributed by atoms with Gasteiger partial charge in [0, 0.05) is 34.1 Å². The Morgan fingerprint density at radius 3 is 2.57 bits per heavy atom. The Labute approximate surface area is 178 Å². The van der Waals surface area contributed by atoms with Gasteiger partial charge in [-0.1, -0.05) is 42.5 Å². The molecule has 0 aliphatic rings. The Hall–Kier alpha value is -3.64. The van der Waals surface area contributed by atoms with Crippen molar-refractivity contribution in [3.63, 3.8) is 0 Å². The molecular formula is C24H21N3O2S. The van der Waals surface area contributed by atoms with Gasteiger partial charge in [0.1, 0.15) is 5.70 Å². The number of amides is 2. The van der Waals surface area contributed by atoms with E-state index in [1.807, 2.05) is 48.0 Å². The van der Waals surface area contributed by atoms with Gasteiger partial charge in [0.15, 0.2) is 0 Å². The topological polar surface area (TPSA) is 74.0 Å². The number of carbonyl (C=O) groups is 2. The van der Waals surface area contributed by atoms with Crippen molar-refractivity contribution in [2.24, 2.45) is 0 Å². The van der Waals surface area contributed by atoms with E-state index < -0.39 is 0 Å². The summed E-state index contributed by atoms with van der Waals surface area (Å²) >= 11 is 1.50. The van der Waals surface area contributed by atoms with E-state index in [1.165, 1.54) is 11.3 Å². The van der Waals surface area contributed by atoms with Crippen molar-refractivity contribution >= 4 is 40.1 Å². The lowest BCUT2D eigenvalue weighted by atomic mass is 10.1. The molecule has 0 atom stereocenters. The van der Waals surface area contributed by atoms with Gasteiger partial charge >= 0.3 is 0 Å². The molecule has 2 aromatic carbocycles. The predicted molar refractivity (Wildman–Crippen MR) is 121 cm³/mol. The highest BCUT2D eigenvalue weighted by Crippen LogP contribution is 2.18. The van der Waals surface area contributed by atoms with Crippen LogP contribution in [0.5, 0.6) is 0 Å². The summed E-state index contributed by atoms with van der Waals surface area (Å²) in [5, 5.41) is 8.76. The molecule has 0 spiro atoms. The number of benzene rings is 2. The van der Waals surface area contributed by atoms with Gasteiger partial charge in [-0.05, 0) is 47.7 Å². The normalized spacial score (nSPS) is 11.4. The minimum absolute atomic E-state index is 0.227. The Morgan fingerprint density at radius 2 is 1.77 bits per heavy atom. The Morgan fingerprint density at radius 1 is 0.967 bits per heavy atom. The van der Waals surface area contributed by atoms with E-state index in [0.29, 0.717) is 18.5 Å². The molecule has 150 valence electrons. The molecule has 0 aliphatic carbocycles. The van der Waals surface area contributed by atoms with Gasteiger partial charge < -0.3 is 15.6 Å². The van der Waals surface area contributed by atoms with Crippen molar-refractivity contribution in [3.8, 4) is 0 Å². The number of hydrogen-bond donors (Lipinski definition) is 3. The molecule has 4 rings (SSSR count). The van der Waals surface area contributed by atoms with Crippen LogP contribution in [0, 0.1) is 0 Å². The van der Waals surface area contributed by atoms with Crippen molar-refractivity contribution in [1.29, 1.82) is 0 Å². The minimum Gasteiger partial charge on any atom is -0.361 e. The van der Waals surface area contributed by atoms with Crippen LogP contribution >= 0.6 is 11.3 Å². The van der Waals surface area contributed by atoms with Crippen LogP contribution in [0.25, 0.3) is 17.0 Å². The van der Waals surface area contributed by atoms with Crippen LogP contribution in [0.1, 0.15) is 20.8 Å². The molecule has 3 N–H and O–H groups in total. The number of H-pyrrole nitrogens is 1. The molecule has 30 heavy (non-hydrogen) atoms. The van der Waals surface area contributed by atoms with Crippen LogP contribution in [0.4, 0.5) is 0 Å². The summed E-state index contributed by atoms with van der Waals surface area (Å²) in [5.74, 6) is -0.627. The zero-order chi connectivity index (χ0) is 20.8. The van der Waals surface area contributed by atoms with Gasteiger partial charge in [-0.3, -0.25) is 9.59 Å². The lowest BCUT2D eigenvalue weighted by Crippen LogP contribution is -2.35. The summed E-state index contributed by atoms with van der Waals surface area (Å²) in [6, 6.07) is 20.7. The molecule has 0 fully saturated rings. The SMILES string of the molecule is O=C(NCCc1c[nH]c2ccccc12)C(=Cc1cccs1)NC(=O)c1ccccc1. The van der Waals surface area contributed by atoms with Crippen LogP contribution in [0.3, 0.4) is 0 Å². The lowest BCUT2D eigenvalue weighted by Gasteiger charge is -2.11. The minimum atomic E-state index is -0.315. The molecule has 2 heterocycles. The van der Waals surface area contributed by atoms with E-state index in [1.54, 1.807) is 30.3 Å². The number of rotatable bonds is 7. The quantitative estimate of drug-likeness (QED) is 0.392. The Kier molecular flexibility index (Phi) is 6.06. The van der Waals surface area contributed by atoms with Crippen LogP contribution in [-0.2, 0) is 11.2 Å². The van der Waals surface area contributed by atoms with Crippen LogP contribution in [0.15, 0.2) is 84.0 Å². The monoisotopic (exact) mass is 415 g/mol. The highest BCUT2D eigenvalue weighted by Gasteiger charge is 2.15. The fraction of sp³-hybridized carbons (Fsp3) is 0.0833. The van der Waals surface area contributed by atoms with Crippen molar-refractivity contribution in [1.82, 2.24) is 15.6 Å². The first kappa shape index (κ1) is 19.7. The van der Waals surface area contributed by atoms with Crippen LogP contribution < -0.4 is 10.6 Å². The summed E-state index contributed by atoms with van der Waals surface area (Å²) < 4.78 is 0. The fourth-order valence-corrected chi connectivity index (χ4v) is 3.86. The first-order valence-corrected chi connectivity index (χ1v) is 10.5. The number of aromatic amines is 1. The number of para-hydroxylation sites is 1. The van der Waals surface area contributed by atoms with Crippen molar-refractivity contribution in [2.75, 3.05) is 6.54 Å². The van der Waals surface area contributed by atoms with E-state index in [-0.39, 0.29) is 17.5 Å². The van der Waals surface area contributed by atoms with Crippen molar-refractivity contribution < 1.29 is 9.59 Å². The predicted octanol–water partition coefficient (Wildman–Crippen LogP) is 4.36. The molecule has 0 saturated heterocycles. The summed E-state index contributed by atoms with van der Waals surface area (Å²) in [7, 11) is 0. The van der Waals surface area contributed by atoms with E-state index in [0.717, 1.165) is 21.3 Å². The van der Waals surface area contributed by atoms with E-state index in [4.69, 9.17) is 0 Å². The second-order valence-electron chi connectivity index (χ2n) is 6.76. The standard InChI is InChI=1S/C24H21N3O2S/c28-23(17-7-2-1-3-8-17)27-22(15-19-9-6-14-30-19)24(29)25-13-12-18-16-26-21-11-5-4-10-20(18)21/h1-11,14-16,26H,12-13H2,(H,25,29)(H,27,28). The molecule has 2 amide bonds. The second kappa shape index (κ2) is 9.24. The van der Waals surface area contributed by atoms with Gasteiger partial charge in [0.25, 0.3) is 11.8 Å². The number of thiophene rings is 1. The maximum Gasteiger partial charge on any atom is 0.267 e. The maximum absolute atomic E-state index is 12.8. The largest absolute Gasteiger partial charge is 0.361 e. The van der Waals surface area contributed by atoms with Crippen molar-refractivity contribution in [2.45, 2.75) is 6.42 Å². The summed E-state index contributed by atoms with van der Waals surface area (Å²) in [5.41, 5.74) is 2.95. The van der Waals surface area contributed by atoms with Gasteiger partial charge in [-0.15, -0.1) is 11.3 Å². The molecule has 4 aromatic rings. The molecular weight excluding hydrogens is 394 g/mol. The molecule has 0 radical (unpaired) electrons. The van der Waals surface area contributed by atoms with E-state index >= 15 is 0 Å². The fourth-order valence-electron chi connectivity index (χ4n) is 3.20. The summed E-state index contributed by atoms with van der Waals surface area (Å²) in [6.07, 6.45) is 4.36. The highest BCUT2D eigenvalue weighted by atomic mass is 32.1. The molecule has 5 nitrogen and oxygen atoms in total. The van der Waals surface area contributed by atoms with Gasteiger partial charge in [-0.25, -0.2) is 0 Å². The number of fused-ring (bicyclic) bond motifs is 1. The highest BCUT2D eigenvalue weighted by molar-refractivity contribution is 7.10. The smallest absolute Gasteiger partial charge is 0.267 e. The molecule has 0 unspecified atom stereocenters. The summed E-state index contributed by atoms with van der Waals surface area (Å²) in [6.45, 7) is 0.462. The first-order valence-electron chi connectivity index (χ1n) is 9.65. The maximum atomic E-state index is 12.8. The molecule has 6 heteroatoms. The number of carbonyl (C=O) groups excluding carboxylic acids is 2. The first-order chi connectivity index (χ1) is 14.7. The zero-order valence-electron chi connectivity index (χ0n) is 16.2. The lowest BCUT2D eigenvalue weighted by molar-refractivity contribution is -0.117. The van der Waals surface area contributed by atoms with Crippen molar-refractivity contribution in [3.05, 3.63) is 100 Å². The molecule has 0 bridgehead atoms. The van der Waals surface area contributed by atoms with Crippen LogP contribution in [-0.4, -0.2) is 23.3 Å². The van der Waals surface area contributed by atoms with Gasteiger partial charge in [0.05, 0.1) is 0 Å². The second-order valence-corrected chi connectivity index (χ2v) is 7.74. The molecule has 2 aromatic heterocycles. The third-order valence-electron chi connectivity index (χ3n) is 4.71. The van der Waals surface area contributed by atoms with Gasteiger partial charge in [0.2, 0.25) is 0 Å². The zero-order valence-corrected chi connectivity index (χ0v) is 17.0. The Balaban J connectivity index is 1.45. The average Bonchev–Trinajstić information content (AvgIpc) is 3.44. The van der Waals surface area contributed by atoms with Crippen LogP contribution in [0.2, 0.25) is 0 Å². The average molecular weight is 416 g/mol.